The molecule has 1 aliphatic rings. The molecule has 1 fully saturated rings. The molecule has 0 aromatic heterocycles. The van der Waals surface area contributed by atoms with Crippen LogP contribution >= 0.6 is 0 Å². The summed E-state index contributed by atoms with van der Waals surface area (Å²) in [5.74, 6) is 0. The second-order valence-electron chi connectivity index (χ2n) is 5.47. The van der Waals surface area contributed by atoms with E-state index in [1.165, 1.54) is 17.7 Å². The monoisotopic (exact) mass is 247 g/mol. The van der Waals surface area contributed by atoms with E-state index in [4.69, 9.17) is 0 Å². The first kappa shape index (κ1) is 13.4. The number of likely N-dealkylation sites (N-methyl/N-ethyl adjacent to an activating group) is 1. The van der Waals surface area contributed by atoms with E-state index in [-0.39, 0.29) is 0 Å². The van der Waals surface area contributed by atoms with E-state index >= 15 is 0 Å². The Morgan fingerprint density at radius 1 is 1.17 bits per heavy atom. The molecule has 1 aromatic carbocycles. The quantitative estimate of drug-likeness (QED) is 0.879. The van der Waals surface area contributed by atoms with E-state index in [0.717, 1.165) is 13.1 Å². The van der Waals surface area contributed by atoms with E-state index in [2.05, 4.69) is 67.4 Å². The smallest absolute Gasteiger partial charge is 0.0361 e. The highest BCUT2D eigenvalue weighted by molar-refractivity contribution is 5.46. The molecule has 0 aliphatic carbocycles. The molecule has 2 atom stereocenters. The molecule has 1 heterocycles. The summed E-state index contributed by atoms with van der Waals surface area (Å²) >= 11 is 0. The van der Waals surface area contributed by atoms with Gasteiger partial charge in [0, 0.05) is 38.4 Å². The van der Waals surface area contributed by atoms with Gasteiger partial charge in [0.2, 0.25) is 0 Å². The van der Waals surface area contributed by atoms with Gasteiger partial charge in [-0.25, -0.2) is 0 Å². The summed E-state index contributed by atoms with van der Waals surface area (Å²) in [7, 11) is 6.39. The van der Waals surface area contributed by atoms with Crippen LogP contribution in [0.3, 0.4) is 0 Å². The fraction of sp³-hybridized carbons (Fsp3) is 0.600. The van der Waals surface area contributed by atoms with E-state index < -0.39 is 0 Å². The molecule has 2 rings (SSSR count). The summed E-state index contributed by atoms with van der Waals surface area (Å²) in [6, 6.07) is 10.1. The molecule has 0 bridgehead atoms. The maximum absolute atomic E-state index is 3.44. The Bertz CT molecular complexity index is 366. The maximum Gasteiger partial charge on any atom is 0.0361 e. The van der Waals surface area contributed by atoms with E-state index in [0.29, 0.717) is 12.1 Å². The molecule has 0 amide bonds. The molecule has 100 valence electrons. The molecule has 1 aliphatic heterocycles. The number of hydrogen-bond donors (Lipinski definition) is 1. The molecule has 2 unspecified atom stereocenters. The third-order valence-corrected chi connectivity index (χ3v) is 4.11. The number of hydrogen-bond acceptors (Lipinski definition) is 3. The second kappa shape index (κ2) is 5.72. The van der Waals surface area contributed by atoms with Gasteiger partial charge in [0.15, 0.2) is 0 Å². The first-order chi connectivity index (χ1) is 8.59. The van der Waals surface area contributed by atoms with Crippen molar-refractivity contribution in [2.75, 3.05) is 39.1 Å². The number of nitrogens with one attached hydrogen (secondary N) is 1. The third-order valence-electron chi connectivity index (χ3n) is 4.11. The summed E-state index contributed by atoms with van der Waals surface area (Å²) in [5, 5.41) is 3.44. The zero-order valence-corrected chi connectivity index (χ0v) is 12.0. The van der Waals surface area contributed by atoms with Crippen molar-refractivity contribution >= 4 is 5.69 Å². The van der Waals surface area contributed by atoms with Crippen LogP contribution < -0.4 is 10.2 Å². The Balaban J connectivity index is 2.05. The van der Waals surface area contributed by atoms with Gasteiger partial charge in [0.25, 0.3) is 0 Å². The zero-order valence-electron chi connectivity index (χ0n) is 12.0. The largest absolute Gasteiger partial charge is 0.378 e. The molecule has 18 heavy (non-hydrogen) atoms. The lowest BCUT2D eigenvalue weighted by Crippen LogP contribution is -2.35. The van der Waals surface area contributed by atoms with Crippen molar-refractivity contribution in [3.8, 4) is 0 Å². The summed E-state index contributed by atoms with van der Waals surface area (Å²) in [5.41, 5.74) is 2.66. The molecule has 0 spiro atoms. The molecule has 1 N–H and O–H groups in total. The predicted octanol–water partition coefficient (Wildman–Crippen LogP) is 2.11. The Morgan fingerprint density at radius 3 is 2.33 bits per heavy atom. The van der Waals surface area contributed by atoms with Crippen molar-refractivity contribution in [3.05, 3.63) is 29.8 Å². The van der Waals surface area contributed by atoms with Crippen LogP contribution in [-0.4, -0.2) is 45.2 Å². The van der Waals surface area contributed by atoms with Crippen molar-refractivity contribution in [1.29, 1.82) is 0 Å². The van der Waals surface area contributed by atoms with Crippen LogP contribution in [0.1, 0.15) is 24.9 Å². The summed E-state index contributed by atoms with van der Waals surface area (Å²) < 4.78 is 0. The van der Waals surface area contributed by atoms with Crippen molar-refractivity contribution in [2.45, 2.75) is 25.4 Å². The van der Waals surface area contributed by atoms with Gasteiger partial charge in [0.05, 0.1) is 0 Å². The SMILES string of the molecule is CC(c1ccc(N(C)C)cc1)N(C)C1CCNC1. The van der Waals surface area contributed by atoms with Gasteiger partial charge in [0.1, 0.15) is 0 Å². The van der Waals surface area contributed by atoms with Crippen molar-refractivity contribution in [1.82, 2.24) is 10.2 Å². The number of nitrogens with zero attached hydrogens (tertiary/aromatic N) is 2. The first-order valence-corrected chi connectivity index (χ1v) is 6.79. The van der Waals surface area contributed by atoms with E-state index in [1.807, 2.05) is 0 Å². The van der Waals surface area contributed by atoms with Crippen molar-refractivity contribution in [2.24, 2.45) is 0 Å². The van der Waals surface area contributed by atoms with Crippen LogP contribution in [0.15, 0.2) is 24.3 Å². The lowest BCUT2D eigenvalue weighted by Gasteiger charge is -2.30. The van der Waals surface area contributed by atoms with Gasteiger partial charge >= 0.3 is 0 Å². The van der Waals surface area contributed by atoms with Crippen LogP contribution in [0.4, 0.5) is 5.69 Å². The summed E-state index contributed by atoms with van der Waals surface area (Å²) in [4.78, 5) is 4.63. The highest BCUT2D eigenvalue weighted by Crippen LogP contribution is 2.24. The molecule has 0 radical (unpaired) electrons. The van der Waals surface area contributed by atoms with Crippen molar-refractivity contribution in [3.63, 3.8) is 0 Å². The van der Waals surface area contributed by atoms with Crippen LogP contribution in [-0.2, 0) is 0 Å². The topological polar surface area (TPSA) is 18.5 Å². The Morgan fingerprint density at radius 2 is 1.83 bits per heavy atom. The fourth-order valence-corrected chi connectivity index (χ4v) is 2.59. The lowest BCUT2D eigenvalue weighted by atomic mass is 10.0. The molecule has 1 saturated heterocycles. The molecular formula is C15H25N3. The Labute approximate surface area is 111 Å². The number of anilines is 1. The molecular weight excluding hydrogens is 222 g/mol. The van der Waals surface area contributed by atoms with Crippen molar-refractivity contribution < 1.29 is 0 Å². The van der Waals surface area contributed by atoms with E-state index in [1.54, 1.807) is 0 Å². The number of benzene rings is 1. The average molecular weight is 247 g/mol. The van der Waals surface area contributed by atoms with Crippen LogP contribution in [0.25, 0.3) is 0 Å². The van der Waals surface area contributed by atoms with Crippen LogP contribution in [0.2, 0.25) is 0 Å². The molecule has 3 heteroatoms. The third kappa shape index (κ3) is 2.85. The number of rotatable bonds is 4. The maximum atomic E-state index is 3.44. The predicted molar refractivity (Wildman–Crippen MR) is 78.2 cm³/mol. The average Bonchev–Trinajstić information content (AvgIpc) is 2.91. The highest BCUT2D eigenvalue weighted by Gasteiger charge is 2.23. The van der Waals surface area contributed by atoms with Gasteiger partial charge in [-0.2, -0.15) is 0 Å². The fourth-order valence-electron chi connectivity index (χ4n) is 2.59. The zero-order chi connectivity index (χ0) is 13.1. The van der Waals surface area contributed by atoms with Gasteiger partial charge in [-0.05, 0) is 44.6 Å². The van der Waals surface area contributed by atoms with E-state index in [9.17, 15) is 0 Å². The highest BCUT2D eigenvalue weighted by atomic mass is 15.2. The minimum absolute atomic E-state index is 0.478. The first-order valence-electron chi connectivity index (χ1n) is 6.79. The van der Waals surface area contributed by atoms with Crippen LogP contribution in [0.5, 0.6) is 0 Å². The van der Waals surface area contributed by atoms with Gasteiger partial charge in [-0.3, -0.25) is 4.90 Å². The van der Waals surface area contributed by atoms with Gasteiger partial charge in [-0.1, -0.05) is 12.1 Å². The normalized spacial score (nSPS) is 21.3. The minimum Gasteiger partial charge on any atom is -0.378 e. The standard InChI is InChI=1S/C15H25N3/c1-12(18(4)15-9-10-16-11-15)13-5-7-14(8-6-13)17(2)3/h5-8,12,15-16H,9-11H2,1-4H3. The minimum atomic E-state index is 0.478. The van der Waals surface area contributed by atoms with Gasteiger partial charge in [-0.15, -0.1) is 0 Å². The summed E-state index contributed by atoms with van der Waals surface area (Å²) in [6.07, 6.45) is 1.26. The lowest BCUT2D eigenvalue weighted by molar-refractivity contribution is 0.197. The molecule has 0 saturated carbocycles. The molecule has 3 nitrogen and oxygen atoms in total. The molecule has 1 aromatic rings. The Kier molecular flexibility index (Phi) is 4.25. The second-order valence-corrected chi connectivity index (χ2v) is 5.47. The Hall–Kier alpha value is -1.06. The van der Waals surface area contributed by atoms with Crippen LogP contribution in [0, 0.1) is 0 Å². The summed E-state index contributed by atoms with van der Waals surface area (Å²) in [6.45, 7) is 4.57. The van der Waals surface area contributed by atoms with Gasteiger partial charge < -0.3 is 10.2 Å².